The number of piperidine rings is 1. The van der Waals surface area contributed by atoms with Crippen molar-refractivity contribution in [3.63, 3.8) is 0 Å². The van der Waals surface area contributed by atoms with Gasteiger partial charge in [-0.2, -0.15) is 0 Å². The molecule has 1 aromatic carbocycles. The average molecular weight is 438 g/mol. The van der Waals surface area contributed by atoms with Crippen LogP contribution in [-0.4, -0.2) is 44.2 Å². The van der Waals surface area contributed by atoms with Gasteiger partial charge in [-0.25, -0.2) is 19.3 Å². The van der Waals surface area contributed by atoms with Crippen molar-refractivity contribution in [3.8, 4) is 11.5 Å². The van der Waals surface area contributed by atoms with Gasteiger partial charge in [0.05, 0.1) is 17.8 Å². The molecule has 1 unspecified atom stereocenters. The number of halogens is 2. The number of pyridine rings is 1. The van der Waals surface area contributed by atoms with Crippen LogP contribution < -0.4 is 4.90 Å². The van der Waals surface area contributed by atoms with E-state index in [4.69, 9.17) is 16.6 Å². The Hall–Kier alpha value is -3.03. The van der Waals surface area contributed by atoms with Crippen molar-refractivity contribution in [2.45, 2.75) is 18.3 Å². The van der Waals surface area contributed by atoms with Crippen LogP contribution in [0, 0.1) is 5.82 Å². The average Bonchev–Trinajstić information content (AvgIpc) is 3.22. The van der Waals surface area contributed by atoms with E-state index in [1.807, 2.05) is 24.3 Å². The molecule has 0 bridgehead atoms. The molecule has 1 N–H and O–H groups in total. The van der Waals surface area contributed by atoms with Crippen molar-refractivity contribution in [3.05, 3.63) is 77.5 Å². The van der Waals surface area contributed by atoms with Crippen LogP contribution in [0.15, 0.2) is 61.1 Å². The Morgan fingerprint density at radius 1 is 1.16 bits per heavy atom. The third-order valence-corrected chi connectivity index (χ3v) is 6.29. The summed E-state index contributed by atoms with van der Waals surface area (Å²) < 4.78 is 15.5. The van der Waals surface area contributed by atoms with Gasteiger partial charge >= 0.3 is 0 Å². The first kappa shape index (κ1) is 19.9. The number of aliphatic hydroxyl groups is 1. The zero-order chi connectivity index (χ0) is 21.4. The Labute approximate surface area is 184 Å². The van der Waals surface area contributed by atoms with Gasteiger partial charge in [-0.15, -0.1) is 0 Å². The maximum atomic E-state index is 13.8. The molecule has 4 heterocycles. The van der Waals surface area contributed by atoms with Crippen molar-refractivity contribution < 1.29 is 9.50 Å². The van der Waals surface area contributed by atoms with Crippen LogP contribution in [0.4, 0.5) is 10.2 Å². The summed E-state index contributed by atoms with van der Waals surface area (Å²) in [5.74, 6) is 0.740. The van der Waals surface area contributed by atoms with E-state index in [0.717, 1.165) is 30.8 Å². The monoisotopic (exact) mass is 437 g/mol. The van der Waals surface area contributed by atoms with E-state index in [9.17, 15) is 9.50 Å². The number of nitrogens with zero attached hydrogens (tertiary/aromatic N) is 5. The SMILES string of the molecule is OCC1(c2ccccc2)CCCN(c2ccnc(-c3cnc4cc(F)c(Cl)cn34)n2)C1. The molecule has 158 valence electrons. The standard InChI is InChI=1S/C23H21ClFN5O/c24-17-13-30-19(12-27-21(30)11-18(17)25)22-26-9-7-20(28-22)29-10-4-8-23(14-29,15-31)16-5-2-1-3-6-16/h1-3,5-7,9,11-13,31H,4,8,10,14-15H2. The van der Waals surface area contributed by atoms with Crippen molar-refractivity contribution in [2.24, 2.45) is 0 Å². The fraction of sp³-hybridized carbons (Fsp3) is 0.261. The van der Waals surface area contributed by atoms with E-state index in [1.165, 1.54) is 12.3 Å². The number of rotatable bonds is 4. The number of benzene rings is 1. The summed E-state index contributed by atoms with van der Waals surface area (Å²) in [4.78, 5) is 15.6. The first-order valence-corrected chi connectivity index (χ1v) is 10.5. The minimum Gasteiger partial charge on any atom is -0.395 e. The topological polar surface area (TPSA) is 66.5 Å². The fourth-order valence-corrected chi connectivity index (χ4v) is 4.52. The quantitative estimate of drug-likeness (QED) is 0.520. The molecule has 0 radical (unpaired) electrons. The van der Waals surface area contributed by atoms with E-state index in [1.54, 1.807) is 16.8 Å². The van der Waals surface area contributed by atoms with Crippen molar-refractivity contribution in [2.75, 3.05) is 24.6 Å². The molecule has 3 aromatic heterocycles. The summed E-state index contributed by atoms with van der Waals surface area (Å²) >= 11 is 5.97. The van der Waals surface area contributed by atoms with Crippen molar-refractivity contribution >= 4 is 23.1 Å². The Kier molecular flexibility index (Phi) is 5.08. The predicted molar refractivity (Wildman–Crippen MR) is 118 cm³/mol. The molecule has 4 aromatic rings. The smallest absolute Gasteiger partial charge is 0.180 e. The van der Waals surface area contributed by atoms with Crippen molar-refractivity contribution in [1.29, 1.82) is 0 Å². The molecular weight excluding hydrogens is 417 g/mol. The van der Waals surface area contributed by atoms with Crippen LogP contribution in [0.1, 0.15) is 18.4 Å². The molecular formula is C23H21ClFN5O. The highest BCUT2D eigenvalue weighted by molar-refractivity contribution is 6.30. The second-order valence-corrected chi connectivity index (χ2v) is 8.32. The Morgan fingerprint density at radius 2 is 2.00 bits per heavy atom. The molecule has 1 saturated heterocycles. The number of fused-ring (bicyclic) bond motifs is 1. The van der Waals surface area contributed by atoms with Gasteiger partial charge in [0, 0.05) is 37.0 Å². The van der Waals surface area contributed by atoms with E-state index >= 15 is 0 Å². The predicted octanol–water partition coefficient (Wildman–Crippen LogP) is 4.11. The second-order valence-electron chi connectivity index (χ2n) is 7.91. The molecule has 31 heavy (non-hydrogen) atoms. The molecule has 1 aliphatic rings. The van der Waals surface area contributed by atoms with Crippen LogP contribution in [0.25, 0.3) is 17.2 Å². The lowest BCUT2D eigenvalue weighted by molar-refractivity contribution is 0.172. The van der Waals surface area contributed by atoms with Crippen LogP contribution in [0.5, 0.6) is 0 Å². The van der Waals surface area contributed by atoms with Gasteiger partial charge < -0.3 is 10.0 Å². The minimum atomic E-state index is -0.518. The highest BCUT2D eigenvalue weighted by atomic mass is 35.5. The number of aromatic nitrogens is 4. The Morgan fingerprint density at radius 3 is 2.81 bits per heavy atom. The third kappa shape index (κ3) is 3.54. The minimum absolute atomic E-state index is 0.00882. The van der Waals surface area contributed by atoms with E-state index < -0.39 is 5.82 Å². The highest BCUT2D eigenvalue weighted by Gasteiger charge is 2.37. The van der Waals surface area contributed by atoms with Gasteiger partial charge in [0.25, 0.3) is 0 Å². The normalized spacial score (nSPS) is 19.1. The highest BCUT2D eigenvalue weighted by Crippen LogP contribution is 2.35. The third-order valence-electron chi connectivity index (χ3n) is 6.01. The molecule has 8 heteroatoms. The van der Waals surface area contributed by atoms with Gasteiger partial charge in [0.1, 0.15) is 23.0 Å². The maximum absolute atomic E-state index is 13.8. The first-order chi connectivity index (χ1) is 15.1. The first-order valence-electron chi connectivity index (χ1n) is 10.2. The van der Waals surface area contributed by atoms with Gasteiger partial charge in [-0.05, 0) is 24.5 Å². The summed E-state index contributed by atoms with van der Waals surface area (Å²) in [5.41, 5.74) is 1.87. The summed E-state index contributed by atoms with van der Waals surface area (Å²) in [6.07, 6.45) is 6.67. The zero-order valence-electron chi connectivity index (χ0n) is 16.7. The summed E-state index contributed by atoms with van der Waals surface area (Å²) in [7, 11) is 0. The molecule has 5 rings (SSSR count). The van der Waals surface area contributed by atoms with E-state index in [2.05, 4.69) is 27.0 Å². The number of aliphatic hydroxyl groups excluding tert-OH is 1. The summed E-state index contributed by atoms with van der Waals surface area (Å²) in [6.45, 7) is 1.58. The Balaban J connectivity index is 1.50. The largest absolute Gasteiger partial charge is 0.395 e. The number of hydrogen-bond donors (Lipinski definition) is 1. The molecule has 0 saturated carbocycles. The molecule has 0 aliphatic carbocycles. The lowest BCUT2D eigenvalue weighted by Crippen LogP contribution is -2.48. The lowest BCUT2D eigenvalue weighted by Gasteiger charge is -2.42. The number of anilines is 1. The zero-order valence-corrected chi connectivity index (χ0v) is 17.5. The lowest BCUT2D eigenvalue weighted by atomic mass is 9.75. The van der Waals surface area contributed by atoms with E-state index in [0.29, 0.717) is 23.7 Å². The molecule has 0 amide bonds. The second kappa shape index (κ2) is 7.90. The van der Waals surface area contributed by atoms with Gasteiger partial charge in [0.2, 0.25) is 0 Å². The van der Waals surface area contributed by atoms with Gasteiger partial charge in [-0.3, -0.25) is 4.40 Å². The molecule has 1 fully saturated rings. The van der Waals surface area contributed by atoms with E-state index in [-0.39, 0.29) is 17.0 Å². The number of imidazole rings is 1. The van der Waals surface area contributed by atoms with Gasteiger partial charge in [0.15, 0.2) is 5.82 Å². The number of hydrogen-bond acceptors (Lipinski definition) is 5. The van der Waals surface area contributed by atoms with Crippen molar-refractivity contribution in [1.82, 2.24) is 19.4 Å². The molecule has 1 atom stereocenters. The Bertz CT molecular complexity index is 1230. The van der Waals surface area contributed by atoms with Crippen LogP contribution in [0.3, 0.4) is 0 Å². The maximum Gasteiger partial charge on any atom is 0.180 e. The van der Waals surface area contributed by atoms with Crippen LogP contribution >= 0.6 is 11.6 Å². The molecule has 1 aliphatic heterocycles. The summed E-state index contributed by atoms with van der Waals surface area (Å²) in [5, 5.41) is 10.3. The van der Waals surface area contributed by atoms with Crippen LogP contribution in [0.2, 0.25) is 5.02 Å². The summed E-state index contributed by atoms with van der Waals surface area (Å²) in [6, 6.07) is 13.3. The van der Waals surface area contributed by atoms with Gasteiger partial charge in [-0.1, -0.05) is 41.9 Å². The molecule has 6 nitrogen and oxygen atoms in total. The fourth-order valence-electron chi connectivity index (χ4n) is 4.36. The molecule has 0 spiro atoms. The van der Waals surface area contributed by atoms with Crippen LogP contribution in [-0.2, 0) is 5.41 Å².